The number of fused-ring (bicyclic) bond motifs is 1. The van der Waals surface area contributed by atoms with E-state index in [1.165, 1.54) is 12.1 Å². The molecule has 0 fully saturated rings. The molecule has 0 saturated heterocycles. The Morgan fingerprint density at radius 2 is 1.55 bits per heavy atom. The lowest BCUT2D eigenvalue weighted by Crippen LogP contribution is -2.27. The SMILES string of the molecule is CCCn1c(C(=O)Nc2ccc(C(F)(F)F)cc2)cc2cc(NC(=O)c3cc(CNC(=O)C(C)C)ccc3Cl)ccc21. The zero-order valence-electron chi connectivity index (χ0n) is 23.2. The minimum atomic E-state index is -4.47. The Morgan fingerprint density at radius 3 is 2.19 bits per heavy atom. The van der Waals surface area contributed by atoms with Crippen LogP contribution in [0.3, 0.4) is 0 Å². The Bertz CT molecular complexity index is 1630. The summed E-state index contributed by atoms with van der Waals surface area (Å²) in [6.45, 7) is 6.32. The number of benzene rings is 3. The van der Waals surface area contributed by atoms with Crippen molar-refractivity contribution in [3.05, 3.63) is 94.1 Å². The average Bonchev–Trinajstić information content (AvgIpc) is 3.30. The highest BCUT2D eigenvalue weighted by atomic mass is 35.5. The van der Waals surface area contributed by atoms with Crippen LogP contribution in [0.25, 0.3) is 10.9 Å². The maximum atomic E-state index is 13.1. The second-order valence-corrected chi connectivity index (χ2v) is 10.5. The third-order valence-corrected chi connectivity index (χ3v) is 6.91. The molecule has 4 aromatic rings. The molecule has 1 heterocycles. The number of aromatic nitrogens is 1. The summed E-state index contributed by atoms with van der Waals surface area (Å²) in [4.78, 5) is 38.2. The second kappa shape index (κ2) is 12.7. The predicted molar refractivity (Wildman–Crippen MR) is 158 cm³/mol. The number of nitrogens with zero attached hydrogens (tertiary/aromatic N) is 1. The minimum Gasteiger partial charge on any atom is -0.352 e. The van der Waals surface area contributed by atoms with E-state index in [1.807, 2.05) is 11.5 Å². The van der Waals surface area contributed by atoms with Crippen LogP contribution >= 0.6 is 11.6 Å². The average molecular weight is 599 g/mol. The lowest BCUT2D eigenvalue weighted by atomic mass is 10.1. The Kier molecular flexibility index (Phi) is 9.26. The van der Waals surface area contributed by atoms with Gasteiger partial charge in [0.05, 0.1) is 16.1 Å². The van der Waals surface area contributed by atoms with Gasteiger partial charge in [0.2, 0.25) is 5.91 Å². The summed E-state index contributed by atoms with van der Waals surface area (Å²) in [6.07, 6.45) is -3.74. The van der Waals surface area contributed by atoms with Gasteiger partial charge in [-0.05, 0) is 72.6 Å². The summed E-state index contributed by atoms with van der Waals surface area (Å²) < 4.78 is 40.5. The fraction of sp³-hybridized carbons (Fsp3) is 0.258. The van der Waals surface area contributed by atoms with Gasteiger partial charge in [-0.3, -0.25) is 14.4 Å². The van der Waals surface area contributed by atoms with E-state index in [1.54, 1.807) is 56.3 Å². The fourth-order valence-corrected chi connectivity index (χ4v) is 4.59. The van der Waals surface area contributed by atoms with Gasteiger partial charge < -0.3 is 20.5 Å². The minimum absolute atomic E-state index is 0.105. The second-order valence-electron chi connectivity index (χ2n) is 10.1. The molecule has 3 aromatic carbocycles. The van der Waals surface area contributed by atoms with E-state index < -0.39 is 23.6 Å². The van der Waals surface area contributed by atoms with E-state index in [9.17, 15) is 27.6 Å². The van der Waals surface area contributed by atoms with E-state index in [0.717, 1.165) is 24.1 Å². The first kappa shape index (κ1) is 30.6. The molecule has 220 valence electrons. The lowest BCUT2D eigenvalue weighted by Gasteiger charge is -2.12. The first-order chi connectivity index (χ1) is 19.9. The normalized spacial score (nSPS) is 11.5. The molecule has 0 aliphatic rings. The molecule has 0 aliphatic heterocycles. The summed E-state index contributed by atoms with van der Waals surface area (Å²) in [6, 6.07) is 16.1. The van der Waals surface area contributed by atoms with Crippen LogP contribution in [0.1, 0.15) is 59.2 Å². The monoisotopic (exact) mass is 598 g/mol. The molecule has 3 N–H and O–H groups in total. The lowest BCUT2D eigenvalue weighted by molar-refractivity contribution is -0.137. The molecule has 11 heteroatoms. The van der Waals surface area contributed by atoms with Gasteiger partial charge in [-0.2, -0.15) is 13.2 Å². The number of hydrogen-bond donors (Lipinski definition) is 3. The number of carbonyl (C=O) groups excluding carboxylic acids is 3. The highest BCUT2D eigenvalue weighted by Gasteiger charge is 2.30. The van der Waals surface area contributed by atoms with Crippen LogP contribution in [-0.2, 0) is 24.1 Å². The van der Waals surface area contributed by atoms with Crippen molar-refractivity contribution in [2.24, 2.45) is 5.92 Å². The number of rotatable bonds is 9. The molecule has 0 radical (unpaired) electrons. The number of amides is 3. The largest absolute Gasteiger partial charge is 0.416 e. The van der Waals surface area contributed by atoms with E-state index in [-0.39, 0.29) is 34.6 Å². The number of anilines is 2. The molecule has 7 nitrogen and oxygen atoms in total. The highest BCUT2D eigenvalue weighted by Crippen LogP contribution is 2.30. The smallest absolute Gasteiger partial charge is 0.352 e. The molecule has 0 bridgehead atoms. The summed E-state index contributed by atoms with van der Waals surface area (Å²) in [5.41, 5.74) is 1.95. The fourth-order valence-electron chi connectivity index (χ4n) is 4.39. The molecule has 42 heavy (non-hydrogen) atoms. The van der Waals surface area contributed by atoms with Gasteiger partial charge in [0, 0.05) is 41.3 Å². The van der Waals surface area contributed by atoms with Crippen LogP contribution in [0.15, 0.2) is 66.7 Å². The van der Waals surface area contributed by atoms with Gasteiger partial charge in [-0.15, -0.1) is 0 Å². The van der Waals surface area contributed by atoms with E-state index >= 15 is 0 Å². The van der Waals surface area contributed by atoms with Gasteiger partial charge in [0.25, 0.3) is 11.8 Å². The third-order valence-electron chi connectivity index (χ3n) is 6.58. The van der Waals surface area contributed by atoms with Gasteiger partial charge in [-0.1, -0.05) is 38.4 Å². The molecule has 3 amide bonds. The van der Waals surface area contributed by atoms with Crippen molar-refractivity contribution in [2.75, 3.05) is 10.6 Å². The van der Waals surface area contributed by atoms with Crippen LogP contribution in [0.2, 0.25) is 5.02 Å². The summed E-state index contributed by atoms with van der Waals surface area (Å²) in [5, 5.41) is 9.25. The maximum Gasteiger partial charge on any atom is 0.416 e. The summed E-state index contributed by atoms with van der Waals surface area (Å²) >= 11 is 6.30. The van der Waals surface area contributed by atoms with Gasteiger partial charge in [0.15, 0.2) is 0 Å². The van der Waals surface area contributed by atoms with E-state index in [2.05, 4.69) is 16.0 Å². The standard InChI is InChI=1S/C31H30ClF3N4O3/c1-4-13-39-26-12-10-23(38-29(41)24-14-19(5-11-25(24)32)17-36-28(40)18(2)3)15-20(26)16-27(39)30(42)37-22-8-6-21(7-9-22)31(33,34)35/h5-12,14-16,18H,4,13,17H2,1-3H3,(H,36,40)(H,37,42)(H,38,41). The molecule has 0 aliphatic carbocycles. The topological polar surface area (TPSA) is 92.2 Å². The van der Waals surface area contributed by atoms with Crippen molar-refractivity contribution in [2.45, 2.75) is 46.5 Å². The van der Waals surface area contributed by atoms with Gasteiger partial charge in [-0.25, -0.2) is 0 Å². The first-order valence-electron chi connectivity index (χ1n) is 13.4. The zero-order chi connectivity index (χ0) is 30.6. The van der Waals surface area contributed by atoms with Crippen LogP contribution in [0, 0.1) is 5.92 Å². The number of alkyl halides is 3. The van der Waals surface area contributed by atoms with Crippen LogP contribution in [-0.4, -0.2) is 22.3 Å². The molecule has 1 aromatic heterocycles. The first-order valence-corrected chi connectivity index (χ1v) is 13.7. The molecule has 0 unspecified atom stereocenters. The molecular weight excluding hydrogens is 569 g/mol. The quantitative estimate of drug-likeness (QED) is 0.186. The Balaban J connectivity index is 1.54. The van der Waals surface area contributed by atoms with Crippen molar-refractivity contribution in [1.29, 1.82) is 0 Å². The number of hydrogen-bond acceptors (Lipinski definition) is 3. The van der Waals surface area contributed by atoms with Crippen LogP contribution in [0.5, 0.6) is 0 Å². The third kappa shape index (κ3) is 7.12. The van der Waals surface area contributed by atoms with Crippen molar-refractivity contribution in [3.8, 4) is 0 Å². The van der Waals surface area contributed by atoms with Crippen LogP contribution in [0.4, 0.5) is 24.5 Å². The summed E-state index contributed by atoms with van der Waals surface area (Å²) in [7, 11) is 0. The van der Waals surface area contributed by atoms with Crippen molar-refractivity contribution in [3.63, 3.8) is 0 Å². The molecule has 0 atom stereocenters. The zero-order valence-corrected chi connectivity index (χ0v) is 24.0. The maximum absolute atomic E-state index is 13.1. The van der Waals surface area contributed by atoms with Crippen molar-refractivity contribution >= 4 is 51.6 Å². The Labute approximate surface area is 246 Å². The van der Waals surface area contributed by atoms with E-state index in [0.29, 0.717) is 28.9 Å². The number of halogens is 4. The number of carbonyl (C=O) groups is 3. The van der Waals surface area contributed by atoms with Crippen molar-refractivity contribution in [1.82, 2.24) is 9.88 Å². The Morgan fingerprint density at radius 1 is 0.881 bits per heavy atom. The molecule has 4 rings (SSSR count). The van der Waals surface area contributed by atoms with Crippen molar-refractivity contribution < 1.29 is 27.6 Å². The predicted octanol–water partition coefficient (Wildman–Crippen LogP) is 7.50. The summed E-state index contributed by atoms with van der Waals surface area (Å²) in [5.74, 6) is -1.19. The van der Waals surface area contributed by atoms with Crippen LogP contribution < -0.4 is 16.0 Å². The molecule has 0 spiro atoms. The molecule has 0 saturated carbocycles. The van der Waals surface area contributed by atoms with E-state index in [4.69, 9.17) is 11.6 Å². The van der Waals surface area contributed by atoms with Gasteiger partial charge in [0.1, 0.15) is 5.69 Å². The number of aryl methyl sites for hydroxylation is 1. The molecular formula is C31H30ClF3N4O3. The Hall–Kier alpha value is -4.31. The van der Waals surface area contributed by atoms with Gasteiger partial charge >= 0.3 is 6.18 Å². The highest BCUT2D eigenvalue weighted by molar-refractivity contribution is 6.34. The number of nitrogens with one attached hydrogen (secondary N) is 3.